The second-order valence-corrected chi connectivity index (χ2v) is 5.95. The molecule has 1 N–H and O–H groups in total. The maximum absolute atomic E-state index is 13.6. The summed E-state index contributed by atoms with van der Waals surface area (Å²) in [6, 6.07) is 5.37. The van der Waals surface area contributed by atoms with Gasteiger partial charge in [-0.2, -0.15) is 13.2 Å². The summed E-state index contributed by atoms with van der Waals surface area (Å²) in [6.07, 6.45) is -4.50. The number of benzene rings is 1. The van der Waals surface area contributed by atoms with Crippen LogP contribution in [0, 0.1) is 5.82 Å². The Labute approximate surface area is 122 Å². The Hall–Kier alpha value is -1.27. The SMILES string of the molecule is CC(Nc1cc(C(F)(F)F)ccc1F)c1ccc(Cl)s1. The van der Waals surface area contributed by atoms with Gasteiger partial charge in [0.2, 0.25) is 0 Å². The number of hydrogen-bond donors (Lipinski definition) is 1. The molecule has 0 aliphatic carbocycles. The Balaban J connectivity index is 2.24. The van der Waals surface area contributed by atoms with Gasteiger partial charge < -0.3 is 5.32 Å². The molecule has 0 bridgehead atoms. The van der Waals surface area contributed by atoms with Crippen LogP contribution in [0.2, 0.25) is 4.34 Å². The molecule has 0 saturated carbocycles. The Morgan fingerprint density at radius 3 is 2.45 bits per heavy atom. The van der Waals surface area contributed by atoms with Crippen molar-refractivity contribution in [1.82, 2.24) is 0 Å². The van der Waals surface area contributed by atoms with E-state index < -0.39 is 17.6 Å². The third-order valence-corrected chi connectivity index (χ3v) is 4.10. The van der Waals surface area contributed by atoms with Crippen LogP contribution in [-0.4, -0.2) is 0 Å². The van der Waals surface area contributed by atoms with Crippen molar-refractivity contribution in [3.63, 3.8) is 0 Å². The Morgan fingerprint density at radius 2 is 1.90 bits per heavy atom. The molecule has 108 valence electrons. The van der Waals surface area contributed by atoms with E-state index in [4.69, 9.17) is 11.6 Å². The molecule has 1 unspecified atom stereocenters. The standard InChI is InChI=1S/C13H10ClF4NS/c1-7(11-4-5-12(14)20-11)19-10-6-8(13(16,17)18)2-3-9(10)15/h2-7,19H,1H3. The lowest BCUT2D eigenvalue weighted by Crippen LogP contribution is -2.10. The third kappa shape index (κ3) is 3.43. The smallest absolute Gasteiger partial charge is 0.375 e. The summed E-state index contributed by atoms with van der Waals surface area (Å²) in [5, 5.41) is 2.73. The molecule has 0 aliphatic rings. The van der Waals surface area contributed by atoms with Crippen LogP contribution in [-0.2, 0) is 6.18 Å². The molecule has 1 heterocycles. The number of hydrogen-bond acceptors (Lipinski definition) is 2. The van der Waals surface area contributed by atoms with Crippen molar-refractivity contribution >= 4 is 28.6 Å². The van der Waals surface area contributed by atoms with Gasteiger partial charge >= 0.3 is 6.18 Å². The average molecular weight is 324 g/mol. The van der Waals surface area contributed by atoms with Crippen molar-refractivity contribution in [3.8, 4) is 0 Å². The normalized spacial score (nSPS) is 13.3. The van der Waals surface area contributed by atoms with Gasteiger partial charge in [-0.05, 0) is 37.3 Å². The lowest BCUT2D eigenvalue weighted by Gasteiger charge is -2.16. The minimum atomic E-state index is -4.50. The van der Waals surface area contributed by atoms with Gasteiger partial charge in [0.05, 0.1) is 21.6 Å². The minimum Gasteiger partial charge on any atom is -0.375 e. The van der Waals surface area contributed by atoms with Gasteiger partial charge in [0, 0.05) is 4.88 Å². The van der Waals surface area contributed by atoms with Crippen molar-refractivity contribution in [2.75, 3.05) is 5.32 Å². The van der Waals surface area contributed by atoms with Gasteiger partial charge in [-0.1, -0.05) is 11.6 Å². The molecule has 0 saturated heterocycles. The summed E-state index contributed by atoms with van der Waals surface area (Å²) >= 11 is 7.08. The van der Waals surface area contributed by atoms with Gasteiger partial charge in [-0.25, -0.2) is 4.39 Å². The van der Waals surface area contributed by atoms with Gasteiger partial charge in [-0.15, -0.1) is 11.3 Å². The predicted molar refractivity (Wildman–Crippen MR) is 72.8 cm³/mol. The van der Waals surface area contributed by atoms with Gasteiger partial charge in [-0.3, -0.25) is 0 Å². The molecule has 1 aromatic heterocycles. The molecule has 20 heavy (non-hydrogen) atoms. The van der Waals surface area contributed by atoms with E-state index in [1.807, 2.05) is 0 Å². The van der Waals surface area contributed by atoms with Gasteiger partial charge in [0.25, 0.3) is 0 Å². The highest BCUT2D eigenvalue weighted by atomic mass is 35.5. The van der Waals surface area contributed by atoms with Crippen LogP contribution in [0.4, 0.5) is 23.2 Å². The number of rotatable bonds is 3. The Kier molecular flexibility index (Phi) is 4.25. The number of anilines is 1. The zero-order valence-corrected chi connectivity index (χ0v) is 11.8. The first-order valence-corrected chi connectivity index (χ1v) is 6.85. The monoisotopic (exact) mass is 323 g/mol. The molecule has 1 aromatic carbocycles. The van der Waals surface area contributed by atoms with Crippen LogP contribution < -0.4 is 5.32 Å². The maximum Gasteiger partial charge on any atom is 0.416 e. The molecule has 0 spiro atoms. The number of nitrogens with one attached hydrogen (secondary N) is 1. The van der Waals surface area contributed by atoms with E-state index in [0.717, 1.165) is 17.0 Å². The van der Waals surface area contributed by atoms with Crippen molar-refractivity contribution in [2.45, 2.75) is 19.1 Å². The molecule has 0 aliphatic heterocycles. The Bertz CT molecular complexity index is 609. The molecular weight excluding hydrogens is 314 g/mol. The highest BCUT2D eigenvalue weighted by molar-refractivity contribution is 7.16. The zero-order chi connectivity index (χ0) is 14.9. The minimum absolute atomic E-state index is 0.183. The second-order valence-electron chi connectivity index (χ2n) is 4.20. The van der Waals surface area contributed by atoms with Crippen LogP contribution in [0.25, 0.3) is 0 Å². The largest absolute Gasteiger partial charge is 0.416 e. The fraction of sp³-hybridized carbons (Fsp3) is 0.231. The first-order chi connectivity index (χ1) is 9.27. The summed E-state index contributed by atoms with van der Waals surface area (Å²) in [4.78, 5) is 0.812. The maximum atomic E-state index is 13.6. The summed E-state index contributed by atoms with van der Waals surface area (Å²) < 4.78 is 51.9. The molecule has 2 rings (SSSR count). The van der Waals surface area contributed by atoms with E-state index in [1.54, 1.807) is 19.1 Å². The highest BCUT2D eigenvalue weighted by Gasteiger charge is 2.31. The molecule has 0 radical (unpaired) electrons. The van der Waals surface area contributed by atoms with Crippen LogP contribution >= 0.6 is 22.9 Å². The first-order valence-electron chi connectivity index (χ1n) is 5.66. The first kappa shape index (κ1) is 15.1. The third-order valence-electron chi connectivity index (χ3n) is 2.69. The molecule has 0 fully saturated rings. The molecule has 7 heteroatoms. The highest BCUT2D eigenvalue weighted by Crippen LogP contribution is 2.34. The summed E-state index contributed by atoms with van der Waals surface area (Å²) in [5.41, 5.74) is -1.07. The predicted octanol–water partition coefficient (Wildman–Crippen LogP) is 5.73. The fourth-order valence-corrected chi connectivity index (χ4v) is 2.74. The van der Waals surface area contributed by atoms with E-state index in [0.29, 0.717) is 10.4 Å². The molecule has 1 atom stereocenters. The van der Waals surface area contributed by atoms with Gasteiger partial charge in [0.1, 0.15) is 5.82 Å². The van der Waals surface area contributed by atoms with Crippen molar-refractivity contribution in [2.24, 2.45) is 0 Å². The molecule has 0 amide bonds. The summed E-state index contributed by atoms with van der Waals surface area (Å²) in [7, 11) is 0. The van der Waals surface area contributed by atoms with E-state index >= 15 is 0 Å². The van der Waals surface area contributed by atoms with Crippen molar-refractivity contribution in [1.29, 1.82) is 0 Å². The topological polar surface area (TPSA) is 12.0 Å². The van der Waals surface area contributed by atoms with E-state index in [1.165, 1.54) is 11.3 Å². The zero-order valence-electron chi connectivity index (χ0n) is 10.3. The van der Waals surface area contributed by atoms with E-state index in [-0.39, 0.29) is 11.7 Å². The number of alkyl halides is 3. The fourth-order valence-electron chi connectivity index (χ4n) is 1.68. The van der Waals surface area contributed by atoms with Crippen molar-refractivity contribution < 1.29 is 17.6 Å². The van der Waals surface area contributed by atoms with Crippen LogP contribution in [0.15, 0.2) is 30.3 Å². The lowest BCUT2D eigenvalue weighted by molar-refractivity contribution is -0.137. The van der Waals surface area contributed by atoms with Crippen LogP contribution in [0.5, 0.6) is 0 Å². The number of halogens is 5. The van der Waals surface area contributed by atoms with Crippen LogP contribution in [0.3, 0.4) is 0 Å². The number of thiophene rings is 1. The molecule has 2 aromatic rings. The summed E-state index contributed by atoms with van der Waals surface area (Å²) in [5.74, 6) is -0.729. The quantitative estimate of drug-likeness (QED) is 0.711. The average Bonchev–Trinajstić information content (AvgIpc) is 2.77. The van der Waals surface area contributed by atoms with E-state index in [2.05, 4.69) is 5.32 Å². The summed E-state index contributed by atoms with van der Waals surface area (Å²) in [6.45, 7) is 1.72. The molecule has 1 nitrogen and oxygen atoms in total. The lowest BCUT2D eigenvalue weighted by atomic mass is 10.1. The Morgan fingerprint density at radius 1 is 1.20 bits per heavy atom. The second kappa shape index (κ2) is 5.61. The van der Waals surface area contributed by atoms with Crippen LogP contribution in [0.1, 0.15) is 23.4 Å². The van der Waals surface area contributed by atoms with Crippen molar-refractivity contribution in [3.05, 3.63) is 50.9 Å². The van der Waals surface area contributed by atoms with Gasteiger partial charge in [0.15, 0.2) is 0 Å². The molecular formula is C13H10ClF4NS. The van der Waals surface area contributed by atoms with E-state index in [9.17, 15) is 17.6 Å².